The van der Waals surface area contributed by atoms with Gasteiger partial charge in [0, 0.05) is 0 Å². The van der Waals surface area contributed by atoms with E-state index in [1.807, 2.05) is 6.92 Å². The number of halogens is 1. The molecule has 8 heteroatoms. The third-order valence-electron chi connectivity index (χ3n) is 2.71. The highest BCUT2D eigenvalue weighted by atomic mass is 32.1. The van der Waals surface area contributed by atoms with E-state index in [0.29, 0.717) is 17.0 Å². The van der Waals surface area contributed by atoms with Crippen LogP contribution in [0, 0.1) is 5.82 Å². The molecule has 2 aromatic rings. The number of anilines is 1. The van der Waals surface area contributed by atoms with Crippen molar-refractivity contribution >= 4 is 29.1 Å². The van der Waals surface area contributed by atoms with E-state index in [9.17, 15) is 14.0 Å². The Balaban J connectivity index is 2.19. The minimum atomic E-state index is -1.23. The maximum Gasteiger partial charge on any atom is 0.335 e. The molecule has 0 spiro atoms. The summed E-state index contributed by atoms with van der Waals surface area (Å²) in [6.45, 7) is 1.95. The van der Waals surface area contributed by atoms with Gasteiger partial charge in [-0.1, -0.05) is 17.8 Å². The van der Waals surface area contributed by atoms with E-state index >= 15 is 0 Å². The van der Waals surface area contributed by atoms with Gasteiger partial charge in [0.1, 0.15) is 10.7 Å². The zero-order valence-corrected chi connectivity index (χ0v) is 11.9. The fourth-order valence-corrected chi connectivity index (χ4v) is 2.31. The van der Waals surface area contributed by atoms with Crippen molar-refractivity contribution in [1.29, 1.82) is 0 Å². The summed E-state index contributed by atoms with van der Waals surface area (Å²) in [4.78, 5) is 23.1. The third-order valence-corrected chi connectivity index (χ3v) is 3.48. The number of carboxylic acid groups (broad SMARTS) is 1. The van der Waals surface area contributed by atoms with Gasteiger partial charge in [0.2, 0.25) is 0 Å². The van der Waals surface area contributed by atoms with Gasteiger partial charge in [-0.05, 0) is 36.2 Å². The van der Waals surface area contributed by atoms with Gasteiger partial charge in [0.25, 0.3) is 5.91 Å². The van der Waals surface area contributed by atoms with Crippen molar-refractivity contribution < 1.29 is 19.1 Å². The number of hydrogen-bond acceptors (Lipinski definition) is 5. The zero-order chi connectivity index (χ0) is 15.4. The van der Waals surface area contributed by atoms with E-state index in [1.54, 1.807) is 0 Å². The number of nitrogens with one attached hydrogen (secondary N) is 1. The first kappa shape index (κ1) is 15.0. The smallest absolute Gasteiger partial charge is 0.335 e. The predicted molar refractivity (Wildman–Crippen MR) is 75.2 cm³/mol. The van der Waals surface area contributed by atoms with Crippen LogP contribution in [0.2, 0.25) is 0 Å². The summed E-state index contributed by atoms with van der Waals surface area (Å²) in [5, 5.41) is 15.0. The van der Waals surface area contributed by atoms with Crippen molar-refractivity contribution in [2.24, 2.45) is 0 Å². The van der Waals surface area contributed by atoms with Gasteiger partial charge in [-0.3, -0.25) is 4.79 Å². The summed E-state index contributed by atoms with van der Waals surface area (Å²) >= 11 is 0.941. The van der Waals surface area contributed by atoms with Crippen LogP contribution in [0.4, 0.5) is 10.1 Å². The lowest BCUT2D eigenvalue weighted by Gasteiger charge is -2.06. The first-order valence-electron chi connectivity index (χ1n) is 6.18. The van der Waals surface area contributed by atoms with Gasteiger partial charge in [-0.15, -0.1) is 5.10 Å². The van der Waals surface area contributed by atoms with Crippen molar-refractivity contribution in [2.75, 3.05) is 5.32 Å². The molecule has 0 atom stereocenters. The summed E-state index contributed by atoms with van der Waals surface area (Å²) < 4.78 is 17.5. The molecule has 0 saturated heterocycles. The summed E-state index contributed by atoms with van der Waals surface area (Å²) in [5.74, 6) is -2.54. The van der Waals surface area contributed by atoms with E-state index in [2.05, 4.69) is 14.9 Å². The van der Waals surface area contributed by atoms with Crippen molar-refractivity contribution in [2.45, 2.75) is 19.8 Å². The molecule has 6 nitrogen and oxygen atoms in total. The number of aromatic nitrogens is 2. The van der Waals surface area contributed by atoms with Crippen LogP contribution in [0.3, 0.4) is 0 Å². The minimum absolute atomic E-state index is 0.0825. The van der Waals surface area contributed by atoms with E-state index in [-0.39, 0.29) is 11.3 Å². The summed E-state index contributed by atoms with van der Waals surface area (Å²) in [5.41, 5.74) is 0.306. The summed E-state index contributed by atoms with van der Waals surface area (Å²) in [6.07, 6.45) is 1.42. The Labute approximate surface area is 123 Å². The van der Waals surface area contributed by atoms with Crippen LogP contribution in [0.5, 0.6) is 0 Å². The number of aromatic carboxylic acids is 1. The second-order valence-corrected chi connectivity index (χ2v) is 5.01. The minimum Gasteiger partial charge on any atom is -0.478 e. The van der Waals surface area contributed by atoms with Gasteiger partial charge >= 0.3 is 5.97 Å². The maximum absolute atomic E-state index is 13.8. The molecule has 0 aliphatic heterocycles. The van der Waals surface area contributed by atoms with Crippen molar-refractivity contribution in [3.05, 3.63) is 40.2 Å². The summed E-state index contributed by atoms with van der Waals surface area (Å²) in [6, 6.07) is 3.29. The Morgan fingerprint density at radius 3 is 2.81 bits per heavy atom. The van der Waals surface area contributed by atoms with Crippen LogP contribution >= 0.6 is 11.5 Å². The molecule has 21 heavy (non-hydrogen) atoms. The van der Waals surface area contributed by atoms with E-state index in [0.717, 1.165) is 24.0 Å². The molecule has 2 rings (SSSR count). The molecule has 0 fully saturated rings. The molecule has 1 heterocycles. The Bertz CT molecular complexity index is 687. The normalized spacial score (nSPS) is 10.4. The van der Waals surface area contributed by atoms with Gasteiger partial charge in [-0.25, -0.2) is 9.18 Å². The molecular weight excluding hydrogens is 297 g/mol. The van der Waals surface area contributed by atoms with Crippen molar-refractivity contribution in [1.82, 2.24) is 9.59 Å². The van der Waals surface area contributed by atoms with Crippen LogP contribution in [-0.2, 0) is 6.42 Å². The van der Waals surface area contributed by atoms with Crippen LogP contribution in [0.15, 0.2) is 18.2 Å². The molecule has 0 aliphatic carbocycles. The fraction of sp³-hybridized carbons (Fsp3) is 0.231. The molecule has 0 bridgehead atoms. The van der Waals surface area contributed by atoms with Crippen LogP contribution in [-0.4, -0.2) is 26.6 Å². The number of nitrogens with zero attached hydrogens (tertiary/aromatic N) is 2. The summed E-state index contributed by atoms with van der Waals surface area (Å²) in [7, 11) is 0. The molecule has 0 saturated carbocycles. The Kier molecular flexibility index (Phi) is 4.59. The number of carbonyl (C=O) groups excluding carboxylic acids is 1. The largest absolute Gasteiger partial charge is 0.478 e. The second-order valence-electron chi connectivity index (χ2n) is 4.25. The number of amides is 1. The highest BCUT2D eigenvalue weighted by Crippen LogP contribution is 2.19. The molecule has 2 N–H and O–H groups in total. The molecule has 0 unspecified atom stereocenters. The first-order valence-corrected chi connectivity index (χ1v) is 6.95. The first-order chi connectivity index (χ1) is 10.0. The number of carbonyl (C=O) groups is 2. The maximum atomic E-state index is 13.8. The lowest BCUT2D eigenvalue weighted by atomic mass is 10.2. The van der Waals surface area contributed by atoms with E-state index in [1.165, 1.54) is 12.1 Å². The topological polar surface area (TPSA) is 92.2 Å². The standard InChI is InChI=1S/C13H12FN3O3S/c1-2-3-10-11(21-17-16-10)12(18)15-9-5-4-7(13(19)20)6-8(9)14/h4-6H,2-3H2,1H3,(H,15,18)(H,19,20). The molecule has 1 aromatic heterocycles. The van der Waals surface area contributed by atoms with Gasteiger partial charge in [0.15, 0.2) is 0 Å². The molecular formula is C13H12FN3O3S. The number of hydrogen-bond donors (Lipinski definition) is 2. The number of aryl methyl sites for hydroxylation is 1. The quantitative estimate of drug-likeness (QED) is 0.885. The lowest BCUT2D eigenvalue weighted by Crippen LogP contribution is -2.14. The van der Waals surface area contributed by atoms with Gasteiger partial charge in [-0.2, -0.15) is 0 Å². The van der Waals surface area contributed by atoms with E-state index in [4.69, 9.17) is 5.11 Å². The number of rotatable bonds is 5. The Morgan fingerprint density at radius 1 is 1.43 bits per heavy atom. The predicted octanol–water partition coefficient (Wildman–Crippen LogP) is 2.58. The van der Waals surface area contributed by atoms with Crippen molar-refractivity contribution in [3.8, 4) is 0 Å². The van der Waals surface area contributed by atoms with E-state index < -0.39 is 17.7 Å². The Morgan fingerprint density at radius 2 is 2.19 bits per heavy atom. The van der Waals surface area contributed by atoms with Gasteiger partial charge in [0.05, 0.1) is 16.9 Å². The molecule has 1 amide bonds. The van der Waals surface area contributed by atoms with Crippen molar-refractivity contribution in [3.63, 3.8) is 0 Å². The number of carboxylic acids is 1. The molecule has 1 aromatic carbocycles. The average molecular weight is 309 g/mol. The molecule has 0 aliphatic rings. The lowest BCUT2D eigenvalue weighted by molar-refractivity contribution is 0.0696. The fourth-order valence-electron chi connectivity index (χ4n) is 1.71. The zero-order valence-electron chi connectivity index (χ0n) is 11.1. The van der Waals surface area contributed by atoms with Crippen LogP contribution < -0.4 is 5.32 Å². The molecule has 0 radical (unpaired) electrons. The highest BCUT2D eigenvalue weighted by molar-refractivity contribution is 7.08. The molecule has 110 valence electrons. The van der Waals surface area contributed by atoms with Gasteiger partial charge < -0.3 is 10.4 Å². The second kappa shape index (κ2) is 6.40. The third kappa shape index (κ3) is 3.40. The monoisotopic (exact) mass is 309 g/mol. The van der Waals surface area contributed by atoms with Crippen LogP contribution in [0.25, 0.3) is 0 Å². The number of benzene rings is 1. The highest BCUT2D eigenvalue weighted by Gasteiger charge is 2.17. The van der Waals surface area contributed by atoms with Crippen LogP contribution in [0.1, 0.15) is 39.1 Å². The SMILES string of the molecule is CCCc1nnsc1C(=O)Nc1ccc(C(=O)O)cc1F. The Hall–Kier alpha value is -2.35. The average Bonchev–Trinajstić information content (AvgIpc) is 2.89.